The molecule has 4 nitrogen and oxygen atoms in total. The highest BCUT2D eigenvalue weighted by Gasteiger charge is 2.14. The molecule has 0 saturated carbocycles. The summed E-state index contributed by atoms with van der Waals surface area (Å²) in [5.74, 6) is 0. The van der Waals surface area contributed by atoms with Crippen LogP contribution in [0, 0.1) is 0 Å². The Morgan fingerprint density at radius 3 is 2.38 bits per heavy atom. The highest BCUT2D eigenvalue weighted by molar-refractivity contribution is 5.45. The van der Waals surface area contributed by atoms with Gasteiger partial charge in [-0.2, -0.15) is 0 Å². The topological polar surface area (TPSA) is 35.6 Å². The zero-order valence-corrected chi connectivity index (χ0v) is 8.33. The molecule has 4 heteroatoms. The lowest BCUT2D eigenvalue weighted by Crippen LogP contribution is -2.47. The van der Waals surface area contributed by atoms with E-state index in [1.165, 1.54) is 0 Å². The fourth-order valence-corrected chi connectivity index (χ4v) is 1.61. The van der Waals surface area contributed by atoms with Crippen molar-refractivity contribution in [3.05, 3.63) is 0 Å². The number of nitrogens with one attached hydrogen (secondary N) is 1. The van der Waals surface area contributed by atoms with Crippen LogP contribution in [0.15, 0.2) is 0 Å². The van der Waals surface area contributed by atoms with E-state index < -0.39 is 0 Å². The van der Waals surface area contributed by atoms with Gasteiger partial charge in [0.2, 0.25) is 6.41 Å². The van der Waals surface area contributed by atoms with Crippen LogP contribution < -0.4 is 5.32 Å². The van der Waals surface area contributed by atoms with Gasteiger partial charge in [-0.15, -0.1) is 0 Å². The van der Waals surface area contributed by atoms with Gasteiger partial charge in [-0.25, -0.2) is 0 Å². The summed E-state index contributed by atoms with van der Waals surface area (Å²) in [5.41, 5.74) is 0. The number of nitrogens with zero attached hydrogens (tertiary/aromatic N) is 2. The van der Waals surface area contributed by atoms with E-state index in [0.29, 0.717) is 0 Å². The van der Waals surface area contributed by atoms with Crippen LogP contribution in [0.5, 0.6) is 0 Å². The van der Waals surface area contributed by atoms with Crippen molar-refractivity contribution >= 4 is 6.41 Å². The largest absolute Gasteiger partial charge is 0.357 e. The Balaban J connectivity index is 2.06. The van der Waals surface area contributed by atoms with Gasteiger partial charge in [0.15, 0.2) is 0 Å². The van der Waals surface area contributed by atoms with Gasteiger partial charge in [-0.05, 0) is 6.54 Å². The van der Waals surface area contributed by atoms with Gasteiger partial charge in [0.05, 0.1) is 0 Å². The second-order valence-electron chi connectivity index (χ2n) is 3.35. The molecule has 1 saturated heterocycles. The molecule has 13 heavy (non-hydrogen) atoms. The average Bonchev–Trinajstić information content (AvgIpc) is 2.19. The molecule has 0 aromatic rings. The highest BCUT2D eigenvalue weighted by atomic mass is 16.1. The minimum absolute atomic E-state index is 0.766. The molecule has 1 amide bonds. The van der Waals surface area contributed by atoms with Crippen LogP contribution in [-0.2, 0) is 4.79 Å². The van der Waals surface area contributed by atoms with Gasteiger partial charge in [0, 0.05) is 39.3 Å². The fourth-order valence-electron chi connectivity index (χ4n) is 1.61. The molecule has 1 rings (SSSR count). The number of hydrogen-bond donors (Lipinski definition) is 1. The number of amides is 1. The lowest BCUT2D eigenvalue weighted by atomic mass is 10.3. The summed E-state index contributed by atoms with van der Waals surface area (Å²) < 4.78 is 0. The molecule has 1 aliphatic heterocycles. The van der Waals surface area contributed by atoms with Gasteiger partial charge in [0.25, 0.3) is 0 Å². The number of rotatable bonds is 5. The van der Waals surface area contributed by atoms with E-state index in [4.69, 9.17) is 0 Å². The van der Waals surface area contributed by atoms with Crippen molar-refractivity contribution in [2.45, 2.75) is 6.92 Å². The monoisotopic (exact) mass is 185 g/mol. The number of carbonyl (C=O) groups excluding carboxylic acids is 1. The van der Waals surface area contributed by atoms with E-state index in [0.717, 1.165) is 52.2 Å². The van der Waals surface area contributed by atoms with Crippen LogP contribution in [0.2, 0.25) is 0 Å². The molecule has 0 atom stereocenters. The minimum atomic E-state index is 0.766. The highest BCUT2D eigenvalue weighted by Crippen LogP contribution is 1.99. The standard InChI is InChI=1S/C9H19N3O/c1-2-11-5-7-12(8-6-11)4-3-10-9-13/h9H,2-8H2,1H3,(H,10,13). The summed E-state index contributed by atoms with van der Waals surface area (Å²) in [6.07, 6.45) is 0.766. The number of carbonyl (C=O) groups is 1. The van der Waals surface area contributed by atoms with E-state index in [1.54, 1.807) is 0 Å². The van der Waals surface area contributed by atoms with Gasteiger partial charge < -0.3 is 10.2 Å². The first-order valence-corrected chi connectivity index (χ1v) is 4.98. The van der Waals surface area contributed by atoms with Gasteiger partial charge in [-0.1, -0.05) is 6.92 Å². The molecule has 0 radical (unpaired) electrons. The molecule has 1 N–H and O–H groups in total. The van der Waals surface area contributed by atoms with Crippen molar-refractivity contribution in [3.63, 3.8) is 0 Å². The first kappa shape index (κ1) is 10.5. The van der Waals surface area contributed by atoms with Crippen molar-refractivity contribution in [1.82, 2.24) is 15.1 Å². The lowest BCUT2D eigenvalue weighted by Gasteiger charge is -2.33. The van der Waals surface area contributed by atoms with Crippen LogP contribution in [0.1, 0.15) is 6.92 Å². The second-order valence-corrected chi connectivity index (χ2v) is 3.35. The average molecular weight is 185 g/mol. The number of likely N-dealkylation sites (N-methyl/N-ethyl adjacent to an activating group) is 1. The Kier molecular flexibility index (Phi) is 4.78. The molecule has 0 aromatic heterocycles. The predicted molar refractivity (Wildman–Crippen MR) is 52.6 cm³/mol. The lowest BCUT2D eigenvalue weighted by molar-refractivity contribution is -0.109. The molecule has 1 aliphatic rings. The van der Waals surface area contributed by atoms with E-state index in [1.807, 2.05) is 0 Å². The second kappa shape index (κ2) is 5.94. The summed E-state index contributed by atoms with van der Waals surface area (Å²) in [4.78, 5) is 14.8. The number of piperazine rings is 1. The van der Waals surface area contributed by atoms with Gasteiger partial charge in [-0.3, -0.25) is 9.69 Å². The summed E-state index contributed by atoms with van der Waals surface area (Å²) >= 11 is 0. The first-order chi connectivity index (χ1) is 6.36. The maximum Gasteiger partial charge on any atom is 0.207 e. The number of hydrogen-bond acceptors (Lipinski definition) is 3. The Morgan fingerprint density at radius 1 is 1.23 bits per heavy atom. The molecule has 0 aliphatic carbocycles. The smallest absolute Gasteiger partial charge is 0.207 e. The molecule has 76 valence electrons. The molecule has 0 unspecified atom stereocenters. The molecule has 1 heterocycles. The quantitative estimate of drug-likeness (QED) is 0.457. The van der Waals surface area contributed by atoms with Crippen LogP contribution in [0.3, 0.4) is 0 Å². The van der Waals surface area contributed by atoms with Crippen molar-refractivity contribution < 1.29 is 4.79 Å². The summed E-state index contributed by atoms with van der Waals surface area (Å²) in [6, 6.07) is 0. The molecular formula is C9H19N3O. The summed E-state index contributed by atoms with van der Waals surface area (Å²) in [5, 5.41) is 2.68. The molecular weight excluding hydrogens is 166 g/mol. The maximum absolute atomic E-state index is 10.0. The minimum Gasteiger partial charge on any atom is -0.357 e. The predicted octanol–water partition coefficient (Wildman–Crippen LogP) is -0.630. The summed E-state index contributed by atoms with van der Waals surface area (Å²) in [7, 11) is 0. The third-order valence-corrected chi connectivity index (χ3v) is 2.57. The Labute approximate surface area is 79.9 Å². The van der Waals surface area contributed by atoms with Crippen molar-refractivity contribution in [1.29, 1.82) is 0 Å². The maximum atomic E-state index is 10.0. The van der Waals surface area contributed by atoms with Crippen molar-refractivity contribution in [2.75, 3.05) is 45.8 Å². The van der Waals surface area contributed by atoms with Crippen molar-refractivity contribution in [2.24, 2.45) is 0 Å². The summed E-state index contributed by atoms with van der Waals surface area (Å²) in [6.45, 7) is 9.70. The van der Waals surface area contributed by atoms with E-state index in [9.17, 15) is 4.79 Å². The van der Waals surface area contributed by atoms with Crippen LogP contribution in [-0.4, -0.2) is 62.0 Å². The first-order valence-electron chi connectivity index (χ1n) is 4.98. The molecule has 0 bridgehead atoms. The van der Waals surface area contributed by atoms with Gasteiger partial charge >= 0.3 is 0 Å². The Hall–Kier alpha value is -0.610. The molecule has 0 aromatic carbocycles. The fraction of sp³-hybridized carbons (Fsp3) is 0.889. The molecule has 1 fully saturated rings. The third-order valence-electron chi connectivity index (χ3n) is 2.57. The van der Waals surface area contributed by atoms with Crippen LogP contribution >= 0.6 is 0 Å². The van der Waals surface area contributed by atoms with Crippen LogP contribution in [0.4, 0.5) is 0 Å². The van der Waals surface area contributed by atoms with Crippen LogP contribution in [0.25, 0.3) is 0 Å². The SMILES string of the molecule is CCN1CCN(CCNC=O)CC1. The Bertz CT molecular complexity index is 144. The third kappa shape index (κ3) is 3.74. The molecule has 0 spiro atoms. The Morgan fingerprint density at radius 2 is 1.85 bits per heavy atom. The van der Waals surface area contributed by atoms with E-state index >= 15 is 0 Å². The van der Waals surface area contributed by atoms with E-state index in [2.05, 4.69) is 22.0 Å². The van der Waals surface area contributed by atoms with E-state index in [-0.39, 0.29) is 0 Å². The normalized spacial score (nSPS) is 20.1. The van der Waals surface area contributed by atoms with Crippen molar-refractivity contribution in [3.8, 4) is 0 Å². The zero-order chi connectivity index (χ0) is 9.52. The van der Waals surface area contributed by atoms with Gasteiger partial charge in [0.1, 0.15) is 0 Å². The zero-order valence-electron chi connectivity index (χ0n) is 8.33.